The fraction of sp³-hybridized carbons (Fsp3) is 0.750. The lowest BCUT2D eigenvalue weighted by Crippen LogP contribution is -2.41. The number of ether oxygens (including phenoxy) is 2. The van der Waals surface area contributed by atoms with Crippen LogP contribution in [0.1, 0.15) is 26.7 Å². The molecular formula is C8H12O4. The van der Waals surface area contributed by atoms with Crippen LogP contribution in [0.3, 0.4) is 0 Å². The highest BCUT2D eigenvalue weighted by atomic mass is 16.6. The van der Waals surface area contributed by atoms with Crippen molar-refractivity contribution >= 4 is 11.9 Å². The zero-order chi connectivity index (χ0) is 9.14. The Balaban J connectivity index is 2.25. The topological polar surface area (TPSA) is 52.6 Å². The van der Waals surface area contributed by atoms with Gasteiger partial charge in [-0.1, -0.05) is 6.92 Å². The van der Waals surface area contributed by atoms with Gasteiger partial charge in [0.15, 0.2) is 0 Å². The van der Waals surface area contributed by atoms with Crippen LogP contribution in [-0.4, -0.2) is 24.1 Å². The van der Waals surface area contributed by atoms with Gasteiger partial charge in [0.25, 0.3) is 0 Å². The van der Waals surface area contributed by atoms with E-state index in [1.54, 1.807) is 6.92 Å². The highest BCUT2D eigenvalue weighted by Crippen LogP contribution is 2.15. The maximum absolute atomic E-state index is 11.0. The second-order valence-corrected chi connectivity index (χ2v) is 2.84. The quantitative estimate of drug-likeness (QED) is 0.586. The smallest absolute Gasteiger partial charge is 0.348 e. The summed E-state index contributed by atoms with van der Waals surface area (Å²) in [6.07, 6.45) is 0.185. The monoisotopic (exact) mass is 172 g/mol. The van der Waals surface area contributed by atoms with E-state index < -0.39 is 12.1 Å². The first-order valence-electron chi connectivity index (χ1n) is 4.03. The second-order valence-electron chi connectivity index (χ2n) is 2.84. The van der Waals surface area contributed by atoms with Crippen molar-refractivity contribution in [1.29, 1.82) is 0 Å². The standard InChI is InChI=1S/C8H12O4/c1-3-5(2)11-8(10)6-4-7(9)12-6/h5-6H,3-4H2,1-2H3/t5-,6+/m0/s1. The molecule has 0 radical (unpaired) electrons. The van der Waals surface area contributed by atoms with Gasteiger partial charge < -0.3 is 9.47 Å². The molecule has 0 unspecified atom stereocenters. The molecule has 0 aliphatic carbocycles. The molecule has 0 aromatic carbocycles. The van der Waals surface area contributed by atoms with Crippen molar-refractivity contribution in [3.05, 3.63) is 0 Å². The highest BCUT2D eigenvalue weighted by Gasteiger charge is 2.36. The van der Waals surface area contributed by atoms with E-state index in [0.29, 0.717) is 0 Å². The molecule has 1 fully saturated rings. The molecule has 0 amide bonds. The molecular weight excluding hydrogens is 160 g/mol. The molecule has 0 bridgehead atoms. The third-order valence-corrected chi connectivity index (χ3v) is 1.78. The highest BCUT2D eigenvalue weighted by molar-refractivity contribution is 5.89. The van der Waals surface area contributed by atoms with Gasteiger partial charge in [0.05, 0.1) is 12.5 Å². The van der Waals surface area contributed by atoms with Crippen molar-refractivity contribution in [3.8, 4) is 0 Å². The molecule has 1 rings (SSSR count). The average Bonchev–Trinajstić information content (AvgIpc) is 1.98. The first kappa shape index (κ1) is 9.03. The average molecular weight is 172 g/mol. The molecule has 12 heavy (non-hydrogen) atoms. The molecule has 0 aromatic heterocycles. The zero-order valence-electron chi connectivity index (χ0n) is 7.20. The minimum Gasteiger partial charge on any atom is -0.460 e. The Hall–Kier alpha value is -1.06. The predicted octanol–water partition coefficient (Wildman–Crippen LogP) is 0.644. The Kier molecular flexibility index (Phi) is 2.68. The molecule has 1 saturated heterocycles. The van der Waals surface area contributed by atoms with Gasteiger partial charge >= 0.3 is 11.9 Å². The zero-order valence-corrected chi connectivity index (χ0v) is 7.20. The number of hydrogen-bond acceptors (Lipinski definition) is 4. The van der Waals surface area contributed by atoms with Crippen LogP contribution in [0, 0.1) is 0 Å². The summed E-state index contributed by atoms with van der Waals surface area (Å²) < 4.78 is 9.47. The van der Waals surface area contributed by atoms with Crippen LogP contribution in [0.5, 0.6) is 0 Å². The Morgan fingerprint density at radius 2 is 2.42 bits per heavy atom. The lowest BCUT2D eigenvalue weighted by atomic mass is 10.2. The number of cyclic esters (lactones) is 1. The van der Waals surface area contributed by atoms with Crippen molar-refractivity contribution in [1.82, 2.24) is 0 Å². The molecule has 1 aliphatic rings. The van der Waals surface area contributed by atoms with E-state index in [2.05, 4.69) is 4.74 Å². The van der Waals surface area contributed by atoms with Crippen LogP contribution in [0.15, 0.2) is 0 Å². The van der Waals surface area contributed by atoms with Crippen LogP contribution >= 0.6 is 0 Å². The molecule has 4 heteroatoms. The van der Waals surface area contributed by atoms with Gasteiger partial charge in [0.2, 0.25) is 6.10 Å². The van der Waals surface area contributed by atoms with Gasteiger partial charge in [-0.15, -0.1) is 0 Å². The van der Waals surface area contributed by atoms with Gasteiger partial charge in [-0.25, -0.2) is 4.79 Å². The molecule has 68 valence electrons. The van der Waals surface area contributed by atoms with E-state index in [1.165, 1.54) is 0 Å². The van der Waals surface area contributed by atoms with Crippen LogP contribution in [0.25, 0.3) is 0 Å². The van der Waals surface area contributed by atoms with E-state index >= 15 is 0 Å². The van der Waals surface area contributed by atoms with Gasteiger partial charge in [-0.3, -0.25) is 4.79 Å². The van der Waals surface area contributed by atoms with Crippen LogP contribution in [0.2, 0.25) is 0 Å². The summed E-state index contributed by atoms with van der Waals surface area (Å²) in [5.74, 6) is -0.759. The van der Waals surface area contributed by atoms with E-state index in [9.17, 15) is 9.59 Å². The van der Waals surface area contributed by atoms with E-state index in [4.69, 9.17) is 4.74 Å². The second kappa shape index (κ2) is 3.56. The van der Waals surface area contributed by atoms with E-state index in [0.717, 1.165) is 6.42 Å². The summed E-state index contributed by atoms with van der Waals surface area (Å²) in [6, 6.07) is 0. The fourth-order valence-electron chi connectivity index (χ4n) is 0.789. The Morgan fingerprint density at radius 3 is 2.83 bits per heavy atom. The first-order valence-corrected chi connectivity index (χ1v) is 4.03. The van der Waals surface area contributed by atoms with Crippen LogP contribution in [-0.2, 0) is 19.1 Å². The number of carbonyl (C=O) groups excluding carboxylic acids is 2. The summed E-state index contributed by atoms with van der Waals surface area (Å²) >= 11 is 0. The largest absolute Gasteiger partial charge is 0.460 e. The van der Waals surface area contributed by atoms with Crippen molar-refractivity contribution in [2.45, 2.75) is 38.9 Å². The third kappa shape index (κ3) is 1.96. The van der Waals surface area contributed by atoms with Gasteiger partial charge in [0, 0.05) is 0 Å². The lowest BCUT2D eigenvalue weighted by Gasteiger charge is -2.24. The maximum Gasteiger partial charge on any atom is 0.348 e. The van der Waals surface area contributed by atoms with Crippen molar-refractivity contribution in [2.75, 3.05) is 0 Å². The number of rotatable bonds is 3. The summed E-state index contributed by atoms with van der Waals surface area (Å²) in [6.45, 7) is 3.73. The van der Waals surface area contributed by atoms with E-state index in [-0.39, 0.29) is 18.5 Å². The number of hydrogen-bond donors (Lipinski definition) is 0. The summed E-state index contributed by atoms with van der Waals surface area (Å²) in [4.78, 5) is 21.4. The summed E-state index contributed by atoms with van der Waals surface area (Å²) in [5, 5.41) is 0. The fourth-order valence-corrected chi connectivity index (χ4v) is 0.789. The van der Waals surface area contributed by atoms with Crippen molar-refractivity contribution < 1.29 is 19.1 Å². The molecule has 2 atom stereocenters. The third-order valence-electron chi connectivity index (χ3n) is 1.78. The molecule has 0 N–H and O–H groups in total. The van der Waals surface area contributed by atoms with Crippen LogP contribution in [0.4, 0.5) is 0 Å². The molecule has 0 spiro atoms. The molecule has 1 aliphatic heterocycles. The minimum atomic E-state index is -0.647. The molecule has 1 heterocycles. The van der Waals surface area contributed by atoms with Gasteiger partial charge in [0.1, 0.15) is 0 Å². The maximum atomic E-state index is 11.0. The molecule has 4 nitrogen and oxygen atoms in total. The number of esters is 2. The van der Waals surface area contributed by atoms with Gasteiger partial charge in [-0.2, -0.15) is 0 Å². The molecule has 0 saturated carbocycles. The normalized spacial score (nSPS) is 23.8. The number of carbonyl (C=O) groups is 2. The Labute approximate surface area is 70.8 Å². The molecule has 0 aromatic rings. The summed E-state index contributed by atoms with van der Waals surface area (Å²) in [5.41, 5.74) is 0. The summed E-state index contributed by atoms with van der Waals surface area (Å²) in [7, 11) is 0. The van der Waals surface area contributed by atoms with Crippen molar-refractivity contribution in [3.63, 3.8) is 0 Å². The van der Waals surface area contributed by atoms with E-state index in [1.807, 2.05) is 6.92 Å². The first-order chi connectivity index (χ1) is 5.63. The van der Waals surface area contributed by atoms with Crippen molar-refractivity contribution in [2.24, 2.45) is 0 Å². The lowest BCUT2D eigenvalue weighted by molar-refractivity contribution is -0.188. The Bertz CT molecular complexity index is 191. The SMILES string of the molecule is CC[C@H](C)OC(=O)[C@H]1CC(=O)O1. The van der Waals surface area contributed by atoms with Gasteiger partial charge in [-0.05, 0) is 13.3 Å². The minimum absolute atomic E-state index is 0.100. The Morgan fingerprint density at radius 1 is 1.83 bits per heavy atom. The van der Waals surface area contributed by atoms with Crippen LogP contribution < -0.4 is 0 Å². The predicted molar refractivity (Wildman–Crippen MR) is 40.3 cm³/mol.